The Hall–Kier alpha value is -1.44. The minimum atomic E-state index is -0.155. The van der Waals surface area contributed by atoms with E-state index >= 15 is 0 Å². The zero-order valence-corrected chi connectivity index (χ0v) is 14.4. The summed E-state index contributed by atoms with van der Waals surface area (Å²) in [6.45, 7) is 2.42. The number of rotatable bonds is 3. The number of halogens is 1. The van der Waals surface area contributed by atoms with Crippen molar-refractivity contribution in [2.45, 2.75) is 13.5 Å². The maximum absolute atomic E-state index is 12.3. The summed E-state index contributed by atoms with van der Waals surface area (Å²) < 4.78 is 1.03. The van der Waals surface area contributed by atoms with Crippen molar-refractivity contribution in [3.05, 3.63) is 43.5 Å². The number of aromatic nitrogens is 1. The van der Waals surface area contributed by atoms with Crippen molar-refractivity contribution in [3.8, 4) is 0 Å². The van der Waals surface area contributed by atoms with Gasteiger partial charge in [-0.25, -0.2) is 4.98 Å². The molecule has 0 aliphatic heterocycles. The minimum absolute atomic E-state index is 0.155. The zero-order valence-electron chi connectivity index (χ0n) is 11.1. The highest BCUT2D eigenvalue weighted by molar-refractivity contribution is 9.10. The van der Waals surface area contributed by atoms with Gasteiger partial charge in [0.25, 0.3) is 5.91 Å². The van der Waals surface area contributed by atoms with E-state index in [1.807, 2.05) is 30.5 Å². The van der Waals surface area contributed by atoms with Gasteiger partial charge in [-0.2, -0.15) is 0 Å². The molecule has 3 rings (SSSR count). The van der Waals surface area contributed by atoms with Crippen LogP contribution < -0.4 is 11.1 Å². The van der Waals surface area contributed by atoms with Gasteiger partial charge in [-0.05, 0) is 41.1 Å². The first-order valence-electron chi connectivity index (χ1n) is 6.21. The molecule has 3 heterocycles. The van der Waals surface area contributed by atoms with Gasteiger partial charge >= 0.3 is 0 Å². The van der Waals surface area contributed by atoms with Crippen molar-refractivity contribution in [2.24, 2.45) is 0 Å². The Kier molecular flexibility index (Phi) is 3.97. The van der Waals surface area contributed by atoms with E-state index in [-0.39, 0.29) is 5.91 Å². The van der Waals surface area contributed by atoms with Gasteiger partial charge in [0.05, 0.1) is 12.2 Å². The molecule has 0 saturated carbocycles. The Labute approximate surface area is 138 Å². The monoisotopic (exact) mass is 381 g/mol. The molecule has 0 unspecified atom stereocenters. The fraction of sp³-hybridized carbons (Fsp3) is 0.143. The molecule has 3 aromatic heterocycles. The maximum Gasteiger partial charge on any atom is 0.263 e. The largest absolute Gasteiger partial charge is 0.397 e. The lowest BCUT2D eigenvalue weighted by Crippen LogP contribution is -2.22. The average molecular weight is 382 g/mol. The molecule has 3 N–H and O–H groups in total. The first-order chi connectivity index (χ1) is 10.0. The van der Waals surface area contributed by atoms with Crippen LogP contribution in [0, 0.1) is 6.92 Å². The van der Waals surface area contributed by atoms with Crippen molar-refractivity contribution in [1.82, 2.24) is 10.3 Å². The molecule has 0 saturated heterocycles. The lowest BCUT2D eigenvalue weighted by molar-refractivity contribution is 0.0956. The van der Waals surface area contributed by atoms with Gasteiger partial charge in [-0.1, -0.05) is 0 Å². The SMILES string of the molecule is Cc1ccc2c(N)c(C(=O)NCc3cc(Br)cs3)sc2n1. The minimum Gasteiger partial charge on any atom is -0.397 e. The van der Waals surface area contributed by atoms with Crippen LogP contribution in [0.4, 0.5) is 5.69 Å². The topological polar surface area (TPSA) is 68.0 Å². The van der Waals surface area contributed by atoms with Crippen LogP contribution in [-0.2, 0) is 6.54 Å². The third kappa shape index (κ3) is 2.95. The summed E-state index contributed by atoms with van der Waals surface area (Å²) >= 11 is 6.33. The fourth-order valence-electron chi connectivity index (χ4n) is 1.95. The van der Waals surface area contributed by atoms with E-state index in [2.05, 4.69) is 26.2 Å². The Morgan fingerprint density at radius 3 is 3.00 bits per heavy atom. The molecular weight excluding hydrogens is 370 g/mol. The Morgan fingerprint density at radius 2 is 2.29 bits per heavy atom. The van der Waals surface area contributed by atoms with E-state index in [4.69, 9.17) is 5.73 Å². The maximum atomic E-state index is 12.3. The number of nitrogens with two attached hydrogens (primary N) is 1. The number of anilines is 1. The van der Waals surface area contributed by atoms with Gasteiger partial charge in [0.1, 0.15) is 9.71 Å². The second-order valence-electron chi connectivity index (χ2n) is 4.56. The lowest BCUT2D eigenvalue weighted by Gasteiger charge is -2.02. The highest BCUT2D eigenvalue weighted by Gasteiger charge is 2.17. The molecule has 0 bridgehead atoms. The van der Waals surface area contributed by atoms with Crippen LogP contribution in [0.5, 0.6) is 0 Å². The Morgan fingerprint density at radius 1 is 1.48 bits per heavy atom. The molecule has 0 aromatic carbocycles. The molecule has 7 heteroatoms. The van der Waals surface area contributed by atoms with E-state index in [9.17, 15) is 4.79 Å². The molecule has 0 aliphatic carbocycles. The van der Waals surface area contributed by atoms with E-state index in [0.29, 0.717) is 17.1 Å². The molecule has 108 valence electrons. The van der Waals surface area contributed by atoms with Crippen LogP contribution in [0.25, 0.3) is 10.2 Å². The number of carbonyl (C=O) groups is 1. The highest BCUT2D eigenvalue weighted by atomic mass is 79.9. The predicted octanol–water partition coefficient (Wildman–Crippen LogP) is 3.94. The smallest absolute Gasteiger partial charge is 0.263 e. The van der Waals surface area contributed by atoms with E-state index in [1.165, 1.54) is 11.3 Å². The third-order valence-corrected chi connectivity index (χ3v) is 5.80. The number of hydrogen-bond acceptors (Lipinski definition) is 5. The second-order valence-corrected chi connectivity index (χ2v) is 7.47. The van der Waals surface area contributed by atoms with Gasteiger partial charge in [-0.3, -0.25) is 4.79 Å². The summed E-state index contributed by atoms with van der Waals surface area (Å²) in [4.78, 5) is 19.1. The van der Waals surface area contributed by atoms with Crippen LogP contribution in [0.2, 0.25) is 0 Å². The molecule has 0 radical (unpaired) electrons. The third-order valence-electron chi connectivity index (χ3n) is 2.98. The molecule has 0 spiro atoms. The molecule has 3 aromatic rings. The van der Waals surface area contributed by atoms with Crippen molar-refractivity contribution >= 4 is 60.4 Å². The highest BCUT2D eigenvalue weighted by Crippen LogP contribution is 2.32. The normalized spacial score (nSPS) is 11.0. The summed E-state index contributed by atoms with van der Waals surface area (Å²) in [6, 6.07) is 5.80. The first-order valence-corrected chi connectivity index (χ1v) is 8.70. The second kappa shape index (κ2) is 5.75. The molecule has 21 heavy (non-hydrogen) atoms. The van der Waals surface area contributed by atoms with Crippen LogP contribution in [0.3, 0.4) is 0 Å². The molecule has 1 amide bonds. The number of nitrogens with zero attached hydrogens (tertiary/aromatic N) is 1. The first kappa shape index (κ1) is 14.5. The van der Waals surface area contributed by atoms with E-state index in [1.54, 1.807) is 11.3 Å². The standard InChI is InChI=1S/C14H12BrN3OS2/c1-7-2-3-10-11(16)12(21-14(10)18-7)13(19)17-5-9-4-8(15)6-20-9/h2-4,6H,5,16H2,1H3,(H,17,19). The molecule has 0 aliphatic rings. The zero-order chi connectivity index (χ0) is 15.0. The number of nitrogen functional groups attached to an aromatic ring is 1. The van der Waals surface area contributed by atoms with Crippen molar-refractivity contribution in [2.75, 3.05) is 5.73 Å². The number of fused-ring (bicyclic) bond motifs is 1. The van der Waals surface area contributed by atoms with Crippen LogP contribution >= 0.6 is 38.6 Å². The number of carbonyl (C=O) groups excluding carboxylic acids is 1. The summed E-state index contributed by atoms with van der Waals surface area (Å²) in [7, 11) is 0. The number of thiophene rings is 2. The molecular formula is C14H12BrN3OS2. The summed E-state index contributed by atoms with van der Waals surface area (Å²) in [5, 5.41) is 5.73. The average Bonchev–Trinajstić information content (AvgIpc) is 3.00. The van der Waals surface area contributed by atoms with Gasteiger partial charge in [0.15, 0.2) is 0 Å². The number of aryl methyl sites for hydroxylation is 1. The van der Waals surface area contributed by atoms with E-state index < -0.39 is 0 Å². The lowest BCUT2D eigenvalue weighted by atomic mass is 10.2. The summed E-state index contributed by atoms with van der Waals surface area (Å²) in [6.07, 6.45) is 0. The van der Waals surface area contributed by atoms with Crippen molar-refractivity contribution in [3.63, 3.8) is 0 Å². The van der Waals surface area contributed by atoms with Gasteiger partial charge < -0.3 is 11.1 Å². The van der Waals surface area contributed by atoms with Gasteiger partial charge in [0.2, 0.25) is 0 Å². The summed E-state index contributed by atoms with van der Waals surface area (Å²) in [5.74, 6) is -0.155. The van der Waals surface area contributed by atoms with Crippen molar-refractivity contribution < 1.29 is 4.79 Å². The van der Waals surface area contributed by atoms with Crippen molar-refractivity contribution in [1.29, 1.82) is 0 Å². The quantitative estimate of drug-likeness (QED) is 0.721. The number of nitrogens with one attached hydrogen (secondary N) is 1. The number of amides is 1. The van der Waals surface area contributed by atoms with Crippen LogP contribution in [0.15, 0.2) is 28.1 Å². The van der Waals surface area contributed by atoms with Gasteiger partial charge in [-0.15, -0.1) is 22.7 Å². The fourth-order valence-corrected chi connectivity index (χ4v) is 4.40. The van der Waals surface area contributed by atoms with Crippen LogP contribution in [-0.4, -0.2) is 10.9 Å². The van der Waals surface area contributed by atoms with Crippen LogP contribution in [0.1, 0.15) is 20.2 Å². The van der Waals surface area contributed by atoms with Gasteiger partial charge in [0, 0.05) is 25.8 Å². The predicted molar refractivity (Wildman–Crippen MR) is 92.0 cm³/mol. The van der Waals surface area contributed by atoms with E-state index in [0.717, 1.165) is 25.3 Å². The summed E-state index contributed by atoms with van der Waals surface area (Å²) in [5.41, 5.74) is 7.49. The Bertz CT molecular complexity index is 825. The number of pyridine rings is 1. The number of hydrogen-bond donors (Lipinski definition) is 2. The molecule has 0 fully saturated rings. The molecule has 4 nitrogen and oxygen atoms in total. The molecule has 0 atom stereocenters. The Balaban J connectivity index is 1.82.